The van der Waals surface area contributed by atoms with Crippen molar-refractivity contribution in [1.29, 1.82) is 0 Å². The van der Waals surface area contributed by atoms with Gasteiger partial charge in [0.15, 0.2) is 0 Å². The van der Waals surface area contributed by atoms with Crippen molar-refractivity contribution < 1.29 is 0 Å². The molecule has 1 nitrogen and oxygen atoms in total. The Kier molecular flexibility index (Phi) is 4.69. The molecule has 0 aliphatic heterocycles. The Hall–Kier alpha value is -0.0400. The average molecular weight is 223 g/mol. The number of rotatable bonds is 4. The van der Waals surface area contributed by atoms with Gasteiger partial charge in [0.1, 0.15) is 0 Å². The fourth-order valence-corrected chi connectivity index (χ4v) is 3.79. The smallest absolute Gasteiger partial charge is 0.00953 e. The van der Waals surface area contributed by atoms with Gasteiger partial charge in [0.05, 0.1) is 0 Å². The number of hydrogen-bond donors (Lipinski definition) is 1. The van der Waals surface area contributed by atoms with Crippen molar-refractivity contribution in [2.45, 2.75) is 71.3 Å². The van der Waals surface area contributed by atoms with Crippen molar-refractivity contribution in [3.63, 3.8) is 0 Å². The van der Waals surface area contributed by atoms with Crippen LogP contribution in [0.4, 0.5) is 0 Å². The first-order valence-corrected chi connectivity index (χ1v) is 7.54. The van der Waals surface area contributed by atoms with Crippen molar-refractivity contribution in [2.75, 3.05) is 6.54 Å². The van der Waals surface area contributed by atoms with Crippen LogP contribution < -0.4 is 5.32 Å². The molecule has 0 aromatic carbocycles. The molecule has 2 rings (SSSR count). The molecular weight excluding hydrogens is 194 g/mol. The fraction of sp³-hybridized carbons (Fsp3) is 1.00. The molecule has 0 aromatic heterocycles. The molecule has 0 spiro atoms. The fourth-order valence-electron chi connectivity index (χ4n) is 3.79. The third-order valence-electron chi connectivity index (χ3n) is 5.11. The van der Waals surface area contributed by atoms with E-state index in [0.717, 1.165) is 23.8 Å². The van der Waals surface area contributed by atoms with E-state index in [1.54, 1.807) is 0 Å². The van der Waals surface area contributed by atoms with Crippen LogP contribution in [-0.2, 0) is 0 Å². The van der Waals surface area contributed by atoms with Gasteiger partial charge < -0.3 is 5.32 Å². The van der Waals surface area contributed by atoms with Crippen LogP contribution in [0.3, 0.4) is 0 Å². The summed E-state index contributed by atoms with van der Waals surface area (Å²) in [5, 5.41) is 3.89. The zero-order valence-electron chi connectivity index (χ0n) is 11.2. The summed E-state index contributed by atoms with van der Waals surface area (Å²) < 4.78 is 0. The maximum Gasteiger partial charge on any atom is 0.00953 e. The summed E-state index contributed by atoms with van der Waals surface area (Å²) in [4.78, 5) is 0. The molecule has 0 amide bonds. The Morgan fingerprint density at radius 1 is 0.938 bits per heavy atom. The molecule has 0 aromatic rings. The molecule has 94 valence electrons. The lowest BCUT2D eigenvalue weighted by Crippen LogP contribution is -2.41. The summed E-state index contributed by atoms with van der Waals surface area (Å²) in [7, 11) is 0. The highest BCUT2D eigenvalue weighted by molar-refractivity contribution is 4.83. The first kappa shape index (κ1) is 12.4. The topological polar surface area (TPSA) is 12.0 Å². The molecule has 0 bridgehead atoms. The van der Waals surface area contributed by atoms with Gasteiger partial charge in [-0.2, -0.15) is 0 Å². The van der Waals surface area contributed by atoms with Gasteiger partial charge in [0.2, 0.25) is 0 Å². The summed E-state index contributed by atoms with van der Waals surface area (Å²) in [5.74, 6) is 2.90. The molecule has 0 saturated heterocycles. The standard InChI is InChI=1S/C15H29N/c1-3-13-8-4-5-10-15(13)16-11-14-9-6-7-12(14)2/h12-16H,3-11H2,1-2H3. The van der Waals surface area contributed by atoms with Gasteiger partial charge in [-0.25, -0.2) is 0 Å². The monoisotopic (exact) mass is 223 g/mol. The first-order chi connectivity index (χ1) is 7.81. The lowest BCUT2D eigenvalue weighted by atomic mass is 9.82. The summed E-state index contributed by atoms with van der Waals surface area (Å²) in [6, 6.07) is 0.839. The second-order valence-corrected chi connectivity index (χ2v) is 6.14. The zero-order valence-corrected chi connectivity index (χ0v) is 11.2. The van der Waals surface area contributed by atoms with E-state index in [4.69, 9.17) is 0 Å². The minimum absolute atomic E-state index is 0.839. The van der Waals surface area contributed by atoms with Crippen molar-refractivity contribution in [1.82, 2.24) is 5.32 Å². The van der Waals surface area contributed by atoms with E-state index in [0.29, 0.717) is 0 Å². The van der Waals surface area contributed by atoms with Gasteiger partial charge >= 0.3 is 0 Å². The maximum atomic E-state index is 3.89. The summed E-state index contributed by atoms with van der Waals surface area (Å²) >= 11 is 0. The van der Waals surface area contributed by atoms with Gasteiger partial charge in [-0.05, 0) is 43.6 Å². The summed E-state index contributed by atoms with van der Waals surface area (Å²) in [6.45, 7) is 6.10. The van der Waals surface area contributed by atoms with E-state index in [1.165, 1.54) is 57.9 Å². The molecule has 4 atom stereocenters. The van der Waals surface area contributed by atoms with Crippen LogP contribution in [0.1, 0.15) is 65.2 Å². The third-order valence-corrected chi connectivity index (χ3v) is 5.11. The molecule has 1 heteroatoms. The van der Waals surface area contributed by atoms with Crippen LogP contribution in [0.2, 0.25) is 0 Å². The summed E-state index contributed by atoms with van der Waals surface area (Å²) in [6.07, 6.45) is 11.6. The van der Waals surface area contributed by atoms with E-state index in [1.807, 2.05) is 0 Å². The second-order valence-electron chi connectivity index (χ2n) is 6.14. The van der Waals surface area contributed by atoms with E-state index in [-0.39, 0.29) is 0 Å². The lowest BCUT2D eigenvalue weighted by Gasteiger charge is -2.33. The van der Waals surface area contributed by atoms with Crippen LogP contribution in [0.25, 0.3) is 0 Å². The normalized spacial score (nSPS) is 40.1. The summed E-state index contributed by atoms with van der Waals surface area (Å²) in [5.41, 5.74) is 0. The predicted octanol–water partition coefficient (Wildman–Crippen LogP) is 3.98. The molecule has 1 N–H and O–H groups in total. The van der Waals surface area contributed by atoms with Crippen molar-refractivity contribution >= 4 is 0 Å². The molecule has 2 aliphatic rings. The van der Waals surface area contributed by atoms with E-state index < -0.39 is 0 Å². The van der Waals surface area contributed by atoms with Crippen molar-refractivity contribution in [3.8, 4) is 0 Å². The van der Waals surface area contributed by atoms with E-state index in [2.05, 4.69) is 19.2 Å². The molecule has 0 heterocycles. The maximum absolute atomic E-state index is 3.89. The Labute approximate surface area is 101 Å². The molecule has 16 heavy (non-hydrogen) atoms. The van der Waals surface area contributed by atoms with Crippen LogP contribution in [0, 0.1) is 17.8 Å². The second kappa shape index (κ2) is 6.05. The van der Waals surface area contributed by atoms with E-state index >= 15 is 0 Å². The average Bonchev–Trinajstić information content (AvgIpc) is 2.72. The Balaban J connectivity index is 1.75. The van der Waals surface area contributed by atoms with Gasteiger partial charge in [0.25, 0.3) is 0 Å². The predicted molar refractivity (Wildman–Crippen MR) is 70.5 cm³/mol. The van der Waals surface area contributed by atoms with Crippen molar-refractivity contribution in [2.24, 2.45) is 17.8 Å². The number of nitrogens with one attached hydrogen (secondary N) is 1. The highest BCUT2D eigenvalue weighted by Gasteiger charge is 2.27. The van der Waals surface area contributed by atoms with Crippen LogP contribution in [0.5, 0.6) is 0 Å². The quantitative estimate of drug-likeness (QED) is 0.760. The van der Waals surface area contributed by atoms with Gasteiger partial charge in [0, 0.05) is 6.04 Å². The number of hydrogen-bond acceptors (Lipinski definition) is 1. The van der Waals surface area contributed by atoms with Gasteiger partial charge in [-0.1, -0.05) is 46.0 Å². The van der Waals surface area contributed by atoms with Crippen LogP contribution in [-0.4, -0.2) is 12.6 Å². The molecular formula is C15H29N. The largest absolute Gasteiger partial charge is 0.313 e. The Bertz CT molecular complexity index is 202. The zero-order chi connectivity index (χ0) is 11.4. The van der Waals surface area contributed by atoms with Crippen molar-refractivity contribution in [3.05, 3.63) is 0 Å². The minimum atomic E-state index is 0.839. The van der Waals surface area contributed by atoms with Gasteiger partial charge in [-0.15, -0.1) is 0 Å². The highest BCUT2D eigenvalue weighted by Crippen LogP contribution is 2.32. The molecule has 0 radical (unpaired) electrons. The lowest BCUT2D eigenvalue weighted by molar-refractivity contribution is 0.238. The first-order valence-electron chi connectivity index (χ1n) is 7.54. The Morgan fingerprint density at radius 3 is 2.38 bits per heavy atom. The van der Waals surface area contributed by atoms with Gasteiger partial charge in [-0.3, -0.25) is 0 Å². The SMILES string of the molecule is CCC1CCCCC1NCC1CCCC1C. The third kappa shape index (κ3) is 3.00. The highest BCUT2D eigenvalue weighted by atomic mass is 14.9. The van der Waals surface area contributed by atoms with E-state index in [9.17, 15) is 0 Å². The van der Waals surface area contributed by atoms with Crippen LogP contribution in [0.15, 0.2) is 0 Å². The molecule has 2 fully saturated rings. The molecule has 4 unspecified atom stereocenters. The van der Waals surface area contributed by atoms with Crippen LogP contribution >= 0.6 is 0 Å². The minimum Gasteiger partial charge on any atom is -0.313 e. The molecule has 2 aliphatic carbocycles. The molecule has 2 saturated carbocycles. The Morgan fingerprint density at radius 2 is 1.69 bits per heavy atom.